The first-order valence-electron chi connectivity index (χ1n) is 10.7. The van der Waals surface area contributed by atoms with Crippen molar-refractivity contribution in [3.63, 3.8) is 0 Å². The second-order valence-electron chi connectivity index (χ2n) is 7.93. The van der Waals surface area contributed by atoms with Crippen LogP contribution in [0.15, 0.2) is 59.6 Å². The Morgan fingerprint density at radius 3 is 2.74 bits per heavy atom. The molecular formula is C24H31IN4O2. The molecule has 2 N–H and O–H groups in total. The summed E-state index contributed by atoms with van der Waals surface area (Å²) >= 11 is 0. The highest BCUT2D eigenvalue weighted by molar-refractivity contribution is 14.0. The molecule has 2 atom stereocenters. The second-order valence-corrected chi connectivity index (χ2v) is 7.93. The highest BCUT2D eigenvalue weighted by Gasteiger charge is 2.26. The van der Waals surface area contributed by atoms with Gasteiger partial charge < -0.3 is 20.3 Å². The van der Waals surface area contributed by atoms with E-state index in [0.717, 1.165) is 49.6 Å². The third-order valence-electron chi connectivity index (χ3n) is 5.84. The summed E-state index contributed by atoms with van der Waals surface area (Å²) in [4.78, 5) is 19.1. The topological polar surface area (TPSA) is 66.0 Å². The number of anilines is 1. The van der Waals surface area contributed by atoms with Crippen molar-refractivity contribution < 1.29 is 9.53 Å². The molecule has 2 aromatic carbocycles. The van der Waals surface area contributed by atoms with Gasteiger partial charge in [0.2, 0.25) is 0 Å². The summed E-state index contributed by atoms with van der Waals surface area (Å²) in [7, 11) is 1.83. The molecule has 0 spiro atoms. The Bertz CT molecular complexity index is 884. The number of amides is 1. The van der Waals surface area contributed by atoms with E-state index in [2.05, 4.69) is 56.9 Å². The first kappa shape index (κ1) is 23.5. The number of halogens is 1. The molecule has 2 unspecified atom stereocenters. The lowest BCUT2D eigenvalue weighted by molar-refractivity contribution is -0.124. The first-order chi connectivity index (χ1) is 14.7. The first-order valence-corrected chi connectivity index (χ1v) is 10.7. The molecule has 2 saturated heterocycles. The van der Waals surface area contributed by atoms with Gasteiger partial charge in [0.1, 0.15) is 6.10 Å². The van der Waals surface area contributed by atoms with Crippen molar-refractivity contribution in [1.82, 2.24) is 10.2 Å². The maximum atomic E-state index is 12.3. The Labute approximate surface area is 201 Å². The zero-order chi connectivity index (χ0) is 20.8. The van der Waals surface area contributed by atoms with Crippen molar-refractivity contribution in [2.45, 2.75) is 37.8 Å². The number of nitrogens with one attached hydrogen (secondary N) is 2. The molecule has 1 amide bonds. The SMILES string of the molecule is CN=C(NCc1cccc(NC(=O)C2CCCO2)c1)N1CCC(c2ccccc2)C1.I. The lowest BCUT2D eigenvalue weighted by atomic mass is 9.99. The average molecular weight is 534 g/mol. The number of guanidine groups is 1. The summed E-state index contributed by atoms with van der Waals surface area (Å²) in [6.45, 7) is 3.30. The fourth-order valence-corrected chi connectivity index (χ4v) is 4.23. The van der Waals surface area contributed by atoms with E-state index in [1.807, 2.05) is 25.2 Å². The third-order valence-corrected chi connectivity index (χ3v) is 5.84. The molecule has 2 heterocycles. The van der Waals surface area contributed by atoms with Crippen LogP contribution >= 0.6 is 24.0 Å². The molecule has 0 aromatic heterocycles. The van der Waals surface area contributed by atoms with Gasteiger partial charge in [0.25, 0.3) is 5.91 Å². The Morgan fingerprint density at radius 2 is 2.00 bits per heavy atom. The number of ether oxygens (including phenoxy) is 1. The molecule has 0 saturated carbocycles. The van der Waals surface area contributed by atoms with E-state index in [-0.39, 0.29) is 36.0 Å². The van der Waals surface area contributed by atoms with E-state index in [4.69, 9.17) is 4.74 Å². The van der Waals surface area contributed by atoms with Gasteiger partial charge in [-0.2, -0.15) is 0 Å². The van der Waals surface area contributed by atoms with Crippen LogP contribution in [-0.4, -0.2) is 49.6 Å². The number of hydrogen-bond donors (Lipinski definition) is 2. The van der Waals surface area contributed by atoms with E-state index in [0.29, 0.717) is 19.1 Å². The largest absolute Gasteiger partial charge is 0.368 e. The Morgan fingerprint density at radius 1 is 1.16 bits per heavy atom. The van der Waals surface area contributed by atoms with Gasteiger partial charge in [-0.1, -0.05) is 42.5 Å². The summed E-state index contributed by atoms with van der Waals surface area (Å²) in [5.74, 6) is 1.40. The summed E-state index contributed by atoms with van der Waals surface area (Å²) in [6.07, 6.45) is 2.56. The van der Waals surface area contributed by atoms with Crippen molar-refractivity contribution in [3.05, 3.63) is 65.7 Å². The fraction of sp³-hybridized carbons (Fsp3) is 0.417. The molecule has 7 heteroatoms. The van der Waals surface area contributed by atoms with Crippen molar-refractivity contribution in [2.24, 2.45) is 4.99 Å². The van der Waals surface area contributed by atoms with Crippen molar-refractivity contribution >= 4 is 41.5 Å². The van der Waals surface area contributed by atoms with Gasteiger partial charge in [-0.15, -0.1) is 24.0 Å². The molecule has 2 fully saturated rings. The molecule has 6 nitrogen and oxygen atoms in total. The lowest BCUT2D eigenvalue weighted by Crippen LogP contribution is -2.39. The maximum absolute atomic E-state index is 12.3. The van der Waals surface area contributed by atoms with Crippen LogP contribution in [-0.2, 0) is 16.1 Å². The van der Waals surface area contributed by atoms with Gasteiger partial charge in [-0.3, -0.25) is 9.79 Å². The van der Waals surface area contributed by atoms with Crippen molar-refractivity contribution in [3.8, 4) is 0 Å². The minimum atomic E-state index is -0.321. The van der Waals surface area contributed by atoms with Crippen LogP contribution in [0, 0.1) is 0 Å². The Kier molecular flexibility index (Phi) is 8.71. The zero-order valence-corrected chi connectivity index (χ0v) is 20.3. The quantitative estimate of drug-likeness (QED) is 0.346. The number of carbonyl (C=O) groups is 1. The Balaban J connectivity index is 0.00000272. The minimum Gasteiger partial charge on any atom is -0.368 e. The molecule has 2 aliphatic rings. The minimum absolute atomic E-state index is 0. The molecule has 2 aromatic rings. The molecule has 4 rings (SSSR count). The van der Waals surface area contributed by atoms with Crippen LogP contribution in [0.2, 0.25) is 0 Å². The smallest absolute Gasteiger partial charge is 0.253 e. The van der Waals surface area contributed by atoms with E-state index >= 15 is 0 Å². The lowest BCUT2D eigenvalue weighted by Gasteiger charge is -2.22. The maximum Gasteiger partial charge on any atom is 0.253 e. The highest BCUT2D eigenvalue weighted by atomic mass is 127. The van der Waals surface area contributed by atoms with E-state index < -0.39 is 0 Å². The van der Waals surface area contributed by atoms with E-state index in [1.165, 1.54) is 5.56 Å². The molecular weight excluding hydrogens is 503 g/mol. The van der Waals surface area contributed by atoms with Gasteiger partial charge in [0.15, 0.2) is 5.96 Å². The fourth-order valence-electron chi connectivity index (χ4n) is 4.23. The molecule has 0 radical (unpaired) electrons. The number of benzene rings is 2. The molecule has 0 bridgehead atoms. The molecule has 166 valence electrons. The van der Waals surface area contributed by atoms with Gasteiger partial charge in [0, 0.05) is 44.9 Å². The van der Waals surface area contributed by atoms with E-state index in [9.17, 15) is 4.79 Å². The Hall–Kier alpha value is -2.13. The standard InChI is InChI=1S/C24H30N4O2.HI/c1-25-24(28-13-12-20(17-28)19-8-3-2-4-9-19)26-16-18-7-5-10-21(15-18)27-23(29)22-11-6-14-30-22;/h2-5,7-10,15,20,22H,6,11-14,16-17H2,1H3,(H,25,26)(H,27,29);1H. The number of nitrogens with zero attached hydrogens (tertiary/aromatic N) is 2. The normalized spacial score (nSPS) is 20.9. The third kappa shape index (κ3) is 6.20. The number of aliphatic imine (C=N–C) groups is 1. The van der Waals surface area contributed by atoms with Gasteiger partial charge in [0.05, 0.1) is 0 Å². The molecule has 2 aliphatic heterocycles. The van der Waals surface area contributed by atoms with Crippen LogP contribution in [0.4, 0.5) is 5.69 Å². The second kappa shape index (κ2) is 11.5. The predicted octanol–water partition coefficient (Wildman–Crippen LogP) is 3.99. The van der Waals surface area contributed by atoms with Crippen LogP contribution in [0.1, 0.15) is 36.3 Å². The number of hydrogen-bond acceptors (Lipinski definition) is 3. The zero-order valence-electron chi connectivity index (χ0n) is 17.9. The number of rotatable bonds is 5. The summed E-state index contributed by atoms with van der Waals surface area (Å²) < 4.78 is 5.46. The monoisotopic (exact) mass is 534 g/mol. The summed E-state index contributed by atoms with van der Waals surface area (Å²) in [6, 6.07) is 18.6. The van der Waals surface area contributed by atoms with Crippen LogP contribution in [0.25, 0.3) is 0 Å². The van der Waals surface area contributed by atoms with Gasteiger partial charge in [-0.05, 0) is 42.5 Å². The summed E-state index contributed by atoms with van der Waals surface area (Å²) in [5, 5.41) is 6.45. The molecule has 0 aliphatic carbocycles. The van der Waals surface area contributed by atoms with Crippen LogP contribution < -0.4 is 10.6 Å². The van der Waals surface area contributed by atoms with E-state index in [1.54, 1.807) is 0 Å². The molecule has 31 heavy (non-hydrogen) atoms. The number of carbonyl (C=O) groups excluding carboxylic acids is 1. The van der Waals surface area contributed by atoms with Crippen molar-refractivity contribution in [1.29, 1.82) is 0 Å². The van der Waals surface area contributed by atoms with Crippen LogP contribution in [0.5, 0.6) is 0 Å². The van der Waals surface area contributed by atoms with Crippen LogP contribution in [0.3, 0.4) is 0 Å². The predicted molar refractivity (Wildman–Crippen MR) is 135 cm³/mol. The van der Waals surface area contributed by atoms with Gasteiger partial charge >= 0.3 is 0 Å². The number of likely N-dealkylation sites (tertiary alicyclic amines) is 1. The highest BCUT2D eigenvalue weighted by Crippen LogP contribution is 2.27. The average Bonchev–Trinajstić information content (AvgIpc) is 3.48. The summed E-state index contributed by atoms with van der Waals surface area (Å²) in [5.41, 5.74) is 3.29. The van der Waals surface area contributed by atoms with Gasteiger partial charge in [-0.25, -0.2) is 0 Å². The van der Waals surface area contributed by atoms with Crippen molar-refractivity contribution in [2.75, 3.05) is 32.1 Å².